The van der Waals surface area contributed by atoms with E-state index in [-0.39, 0.29) is 18.0 Å². The van der Waals surface area contributed by atoms with Gasteiger partial charge in [0.2, 0.25) is 33.3 Å². The second-order valence-electron chi connectivity index (χ2n) is 15.5. The van der Waals surface area contributed by atoms with Crippen molar-refractivity contribution in [1.82, 2.24) is 0 Å². The van der Waals surface area contributed by atoms with Crippen molar-refractivity contribution in [1.29, 1.82) is 0 Å². The van der Waals surface area contributed by atoms with E-state index >= 15 is 0 Å². The van der Waals surface area contributed by atoms with Crippen LogP contribution in [0, 0.1) is 0 Å². The molecule has 0 atom stereocenters. The summed E-state index contributed by atoms with van der Waals surface area (Å²) in [5, 5.41) is 3.21. The van der Waals surface area contributed by atoms with Crippen LogP contribution in [0.2, 0.25) is 78.6 Å². The van der Waals surface area contributed by atoms with Crippen molar-refractivity contribution >= 4 is 66.4 Å². The second-order valence-corrected chi connectivity index (χ2v) is 33.2. The van der Waals surface area contributed by atoms with E-state index in [1.54, 1.807) is 0 Å². The van der Waals surface area contributed by atoms with E-state index in [4.69, 9.17) is 17.7 Å². The number of rotatable bonds is 12. The van der Waals surface area contributed by atoms with Crippen LogP contribution in [0.15, 0.2) is 60.7 Å². The SMILES string of the molecule is C[Si](C)(C)Oc1cc2ccccc2c(C(=O)CC(=O)c2c(O[Si](C)(C)C)c(O[Si](C)(C)C)cc3ccccc23)c1O[Si](C)(C)C. The lowest BCUT2D eigenvalue weighted by atomic mass is 9.93. The zero-order valence-corrected chi connectivity index (χ0v) is 32.9. The number of benzene rings is 4. The first-order chi connectivity index (χ1) is 20.6. The van der Waals surface area contributed by atoms with Crippen LogP contribution in [0.25, 0.3) is 21.5 Å². The van der Waals surface area contributed by atoms with Gasteiger partial charge in [-0.25, -0.2) is 0 Å². The van der Waals surface area contributed by atoms with Gasteiger partial charge in [0.1, 0.15) is 11.5 Å². The number of Topliss-reactive ketones (excluding diaryl/α,β-unsaturated/α-hetero) is 2. The summed E-state index contributed by atoms with van der Waals surface area (Å²) in [5.41, 5.74) is 0.784. The molecule has 0 aliphatic rings. The third kappa shape index (κ3) is 8.96. The van der Waals surface area contributed by atoms with Crippen molar-refractivity contribution in [2.24, 2.45) is 0 Å². The topological polar surface area (TPSA) is 71.1 Å². The van der Waals surface area contributed by atoms with Crippen molar-refractivity contribution in [2.75, 3.05) is 0 Å². The minimum Gasteiger partial charge on any atom is -0.542 e. The second kappa shape index (κ2) is 12.5. The van der Waals surface area contributed by atoms with Gasteiger partial charge in [-0.15, -0.1) is 0 Å². The zero-order valence-electron chi connectivity index (χ0n) is 28.9. The predicted molar refractivity (Wildman–Crippen MR) is 197 cm³/mol. The summed E-state index contributed by atoms with van der Waals surface area (Å²) in [5.74, 6) is 1.37. The molecule has 0 aromatic heterocycles. The van der Waals surface area contributed by atoms with Gasteiger partial charge in [-0.3, -0.25) is 9.59 Å². The molecule has 0 aliphatic carbocycles. The maximum Gasteiger partial charge on any atom is 0.242 e. The summed E-state index contributed by atoms with van der Waals surface area (Å²) in [4.78, 5) is 29.1. The Morgan fingerprint density at radius 1 is 0.489 bits per heavy atom. The summed E-state index contributed by atoms with van der Waals surface area (Å²) in [6.07, 6.45) is -0.356. The van der Waals surface area contributed by atoms with Gasteiger partial charge in [-0.2, -0.15) is 0 Å². The maximum atomic E-state index is 14.5. The molecule has 0 fully saturated rings. The Morgan fingerprint density at radius 3 is 1.11 bits per heavy atom. The first kappa shape index (κ1) is 34.7. The molecule has 0 saturated heterocycles. The molecule has 0 N–H and O–H groups in total. The fourth-order valence-electron chi connectivity index (χ4n) is 5.11. The smallest absolute Gasteiger partial charge is 0.242 e. The van der Waals surface area contributed by atoms with E-state index < -0.39 is 33.3 Å². The summed E-state index contributed by atoms with van der Waals surface area (Å²) >= 11 is 0. The first-order valence-corrected chi connectivity index (χ1v) is 29.2. The molecule has 4 rings (SSSR count). The van der Waals surface area contributed by atoms with Crippen molar-refractivity contribution in [3.05, 3.63) is 71.8 Å². The standard InChI is InChI=1S/C35H48O6Si4/c1-42(2,3)38-30-21-24-17-13-15-19-26(24)32(34(30)40-44(7,8)9)28(36)23-29(37)33-27-20-16-14-18-25(27)22-31(39-43(4,5)6)35(33)41-45(10,11)12/h13-22H,23H2,1-12H3. The van der Waals surface area contributed by atoms with Crippen LogP contribution in [0.4, 0.5) is 0 Å². The van der Waals surface area contributed by atoms with Crippen molar-refractivity contribution < 1.29 is 27.3 Å². The molecule has 0 spiro atoms. The highest BCUT2D eigenvalue weighted by Gasteiger charge is 2.33. The number of ketones is 2. The average Bonchev–Trinajstić information content (AvgIpc) is 2.85. The number of fused-ring (bicyclic) bond motifs is 2. The summed E-state index contributed by atoms with van der Waals surface area (Å²) in [7, 11) is -8.59. The molecule has 10 heteroatoms. The monoisotopic (exact) mass is 676 g/mol. The van der Waals surface area contributed by atoms with Crippen molar-refractivity contribution in [3.63, 3.8) is 0 Å². The minimum absolute atomic E-state index is 0.315. The lowest BCUT2D eigenvalue weighted by Crippen LogP contribution is -2.33. The van der Waals surface area contributed by atoms with Crippen LogP contribution in [0.5, 0.6) is 23.0 Å². The van der Waals surface area contributed by atoms with Crippen LogP contribution in [0.1, 0.15) is 27.1 Å². The normalized spacial score (nSPS) is 12.7. The third-order valence-corrected chi connectivity index (χ3v) is 9.76. The van der Waals surface area contributed by atoms with E-state index in [0.717, 1.165) is 21.5 Å². The Hall–Kier alpha value is -3.19. The quantitative estimate of drug-likeness (QED) is 0.0845. The van der Waals surface area contributed by atoms with E-state index in [9.17, 15) is 9.59 Å². The van der Waals surface area contributed by atoms with E-state index in [0.29, 0.717) is 34.1 Å². The number of hydrogen-bond donors (Lipinski definition) is 0. The van der Waals surface area contributed by atoms with Gasteiger partial charge < -0.3 is 17.7 Å². The molecule has 0 unspecified atom stereocenters. The lowest BCUT2D eigenvalue weighted by molar-refractivity contribution is 0.0894. The number of carbonyl (C=O) groups excluding carboxylic acids is 2. The molecule has 240 valence electrons. The van der Waals surface area contributed by atoms with Crippen LogP contribution in [-0.4, -0.2) is 44.8 Å². The van der Waals surface area contributed by atoms with Crippen molar-refractivity contribution in [2.45, 2.75) is 85.0 Å². The molecule has 4 aromatic rings. The van der Waals surface area contributed by atoms with Crippen LogP contribution in [0.3, 0.4) is 0 Å². The molecule has 0 aliphatic heterocycles. The molecular weight excluding hydrogens is 629 g/mol. The third-order valence-electron chi connectivity index (χ3n) is 6.46. The van der Waals surface area contributed by atoms with Gasteiger partial charge in [-0.1, -0.05) is 48.5 Å². The largest absolute Gasteiger partial charge is 0.542 e. The first-order valence-electron chi connectivity index (χ1n) is 15.6. The predicted octanol–water partition coefficient (Wildman–Crippen LogP) is 10.3. The van der Waals surface area contributed by atoms with Crippen LogP contribution < -0.4 is 17.7 Å². The Bertz CT molecular complexity index is 1630. The molecule has 6 nitrogen and oxygen atoms in total. The highest BCUT2D eigenvalue weighted by Crippen LogP contribution is 2.44. The summed E-state index contributed by atoms with van der Waals surface area (Å²) in [6, 6.07) is 19.4. The lowest BCUT2D eigenvalue weighted by Gasteiger charge is -2.29. The van der Waals surface area contributed by atoms with E-state index in [2.05, 4.69) is 78.6 Å². The Kier molecular flexibility index (Phi) is 9.66. The molecular formula is C35H48O6Si4. The fourth-order valence-corrected chi connectivity index (χ4v) is 8.36. The maximum absolute atomic E-state index is 14.5. The molecule has 4 aromatic carbocycles. The van der Waals surface area contributed by atoms with Gasteiger partial charge in [0, 0.05) is 0 Å². The molecule has 0 radical (unpaired) electrons. The van der Waals surface area contributed by atoms with Crippen LogP contribution in [-0.2, 0) is 0 Å². The van der Waals surface area contributed by atoms with E-state index in [1.807, 2.05) is 60.7 Å². The molecule has 0 saturated carbocycles. The van der Waals surface area contributed by atoms with E-state index in [1.165, 1.54) is 0 Å². The minimum atomic E-state index is -2.21. The molecule has 45 heavy (non-hydrogen) atoms. The Balaban J connectivity index is 1.95. The Morgan fingerprint density at radius 2 is 0.800 bits per heavy atom. The Labute approximate surface area is 272 Å². The highest BCUT2D eigenvalue weighted by molar-refractivity contribution is 6.72. The van der Waals surface area contributed by atoms with Gasteiger partial charge in [-0.05, 0) is 112 Å². The average molecular weight is 677 g/mol. The van der Waals surface area contributed by atoms with Gasteiger partial charge in [0.25, 0.3) is 0 Å². The molecule has 0 amide bonds. The van der Waals surface area contributed by atoms with Gasteiger partial charge in [0.15, 0.2) is 23.1 Å². The zero-order chi connectivity index (χ0) is 33.5. The van der Waals surface area contributed by atoms with Crippen LogP contribution >= 0.6 is 0 Å². The van der Waals surface area contributed by atoms with Crippen molar-refractivity contribution in [3.8, 4) is 23.0 Å². The summed E-state index contributed by atoms with van der Waals surface area (Å²) < 4.78 is 26.3. The summed E-state index contributed by atoms with van der Waals surface area (Å²) in [6.45, 7) is 25.1. The highest BCUT2D eigenvalue weighted by atomic mass is 28.4. The van der Waals surface area contributed by atoms with Gasteiger partial charge >= 0.3 is 0 Å². The number of carbonyl (C=O) groups is 2. The molecule has 0 heterocycles. The fraction of sp³-hybridized carbons (Fsp3) is 0.371. The van der Waals surface area contributed by atoms with Gasteiger partial charge in [0.05, 0.1) is 17.5 Å². The molecule has 0 bridgehead atoms. The number of hydrogen-bond acceptors (Lipinski definition) is 6.